The second-order valence-corrected chi connectivity index (χ2v) is 8.07. The largest absolute Gasteiger partial charge is 0.497 e. The van der Waals surface area contributed by atoms with Crippen LogP contribution in [0.1, 0.15) is 18.4 Å². The second-order valence-electron chi connectivity index (χ2n) is 7.63. The van der Waals surface area contributed by atoms with Gasteiger partial charge in [-0.2, -0.15) is 0 Å². The molecule has 1 aliphatic rings. The molecule has 3 aromatic rings. The highest BCUT2D eigenvalue weighted by Gasteiger charge is 2.26. The van der Waals surface area contributed by atoms with E-state index in [1.807, 2.05) is 60.7 Å². The molecule has 1 saturated heterocycles. The van der Waals surface area contributed by atoms with Gasteiger partial charge < -0.3 is 15.0 Å². The molecule has 6 nitrogen and oxygen atoms in total. The van der Waals surface area contributed by atoms with Crippen LogP contribution in [0, 0.1) is 5.92 Å². The topological polar surface area (TPSA) is 67.3 Å². The number of anilines is 1. The molecule has 31 heavy (non-hydrogen) atoms. The number of nitrogens with one attached hydrogen (secondary N) is 1. The van der Waals surface area contributed by atoms with Gasteiger partial charge in [0.05, 0.1) is 18.7 Å². The molecular weight excluding hydrogens is 412 g/mol. The summed E-state index contributed by atoms with van der Waals surface area (Å²) in [7, 11) is 1.65. The van der Waals surface area contributed by atoms with Crippen LogP contribution in [0.15, 0.2) is 60.7 Å². The van der Waals surface area contributed by atoms with Gasteiger partial charge >= 0.3 is 0 Å². The van der Waals surface area contributed by atoms with Crippen LogP contribution in [0.5, 0.6) is 5.75 Å². The van der Waals surface area contributed by atoms with Crippen molar-refractivity contribution in [1.29, 1.82) is 0 Å². The molecule has 0 aliphatic carbocycles. The quantitative estimate of drug-likeness (QED) is 0.622. The van der Waals surface area contributed by atoms with E-state index in [0.717, 1.165) is 47.8 Å². The normalized spacial score (nSPS) is 16.1. The molecule has 4 rings (SSSR count). The lowest BCUT2D eigenvalue weighted by Crippen LogP contribution is -2.43. The summed E-state index contributed by atoms with van der Waals surface area (Å²) in [6.07, 6.45) is 1.82. The van der Waals surface area contributed by atoms with Crippen molar-refractivity contribution in [2.24, 2.45) is 5.92 Å². The van der Waals surface area contributed by atoms with Gasteiger partial charge in [0.1, 0.15) is 5.75 Å². The number of halogens is 1. The Hall–Kier alpha value is -3.12. The Balaban J connectivity index is 1.36. The predicted octanol–water partition coefficient (Wildman–Crippen LogP) is 4.34. The zero-order chi connectivity index (χ0) is 21.6. The lowest BCUT2D eigenvalue weighted by molar-refractivity contribution is -0.125. The van der Waals surface area contributed by atoms with E-state index in [0.29, 0.717) is 18.1 Å². The average Bonchev–Trinajstić information content (AvgIpc) is 2.84. The van der Waals surface area contributed by atoms with Crippen molar-refractivity contribution in [1.82, 2.24) is 15.5 Å². The van der Waals surface area contributed by atoms with Crippen LogP contribution >= 0.6 is 11.6 Å². The SMILES string of the molecule is COc1ccc(-c2ccc(N3CCCC(C(=O)NCc4ccc(Cl)cc4)C3)nn2)cc1. The van der Waals surface area contributed by atoms with Crippen LogP contribution in [0.3, 0.4) is 0 Å². The van der Waals surface area contributed by atoms with Crippen molar-refractivity contribution in [2.45, 2.75) is 19.4 Å². The first-order valence-corrected chi connectivity index (χ1v) is 10.8. The van der Waals surface area contributed by atoms with Gasteiger partial charge in [0.2, 0.25) is 5.91 Å². The molecule has 1 unspecified atom stereocenters. The highest BCUT2D eigenvalue weighted by molar-refractivity contribution is 6.30. The van der Waals surface area contributed by atoms with E-state index in [9.17, 15) is 4.79 Å². The second kappa shape index (κ2) is 9.79. The Bertz CT molecular complexity index is 1010. The van der Waals surface area contributed by atoms with Crippen molar-refractivity contribution >= 4 is 23.3 Å². The molecule has 2 heterocycles. The molecule has 1 N–H and O–H groups in total. The fourth-order valence-corrected chi connectivity index (χ4v) is 3.87. The van der Waals surface area contributed by atoms with Crippen molar-refractivity contribution in [3.8, 4) is 17.0 Å². The molecule has 0 saturated carbocycles. The average molecular weight is 437 g/mol. The number of methoxy groups -OCH3 is 1. The zero-order valence-corrected chi connectivity index (χ0v) is 18.2. The minimum atomic E-state index is -0.0656. The number of aromatic nitrogens is 2. The van der Waals surface area contributed by atoms with Crippen molar-refractivity contribution in [3.05, 3.63) is 71.2 Å². The molecule has 7 heteroatoms. The number of benzene rings is 2. The van der Waals surface area contributed by atoms with Crippen LogP contribution < -0.4 is 15.0 Å². The first kappa shape index (κ1) is 21.1. The number of carbonyl (C=O) groups excluding carboxylic acids is 1. The maximum atomic E-state index is 12.7. The minimum absolute atomic E-state index is 0.0656. The first-order valence-electron chi connectivity index (χ1n) is 10.4. The van der Waals surface area contributed by atoms with E-state index in [1.54, 1.807) is 7.11 Å². The van der Waals surface area contributed by atoms with E-state index in [-0.39, 0.29) is 11.8 Å². The third kappa shape index (κ3) is 5.33. The fourth-order valence-electron chi connectivity index (χ4n) is 3.74. The maximum absolute atomic E-state index is 12.7. The van der Waals surface area contributed by atoms with Crippen LogP contribution in [-0.4, -0.2) is 36.3 Å². The highest BCUT2D eigenvalue weighted by atomic mass is 35.5. The van der Waals surface area contributed by atoms with Crippen LogP contribution in [0.25, 0.3) is 11.3 Å². The van der Waals surface area contributed by atoms with Gasteiger partial charge in [-0.1, -0.05) is 23.7 Å². The number of amides is 1. The highest BCUT2D eigenvalue weighted by Crippen LogP contribution is 2.24. The lowest BCUT2D eigenvalue weighted by atomic mass is 9.97. The Morgan fingerprint density at radius 1 is 1.10 bits per heavy atom. The van der Waals surface area contributed by atoms with Gasteiger partial charge in [-0.3, -0.25) is 4.79 Å². The molecule has 2 aromatic carbocycles. The number of carbonyl (C=O) groups is 1. The Kier molecular flexibility index (Phi) is 6.67. The molecule has 1 amide bonds. The summed E-state index contributed by atoms with van der Waals surface area (Å²) in [6.45, 7) is 2.02. The number of ether oxygens (including phenoxy) is 1. The van der Waals surface area contributed by atoms with E-state index < -0.39 is 0 Å². The molecular formula is C24H25ClN4O2. The van der Waals surface area contributed by atoms with Crippen LogP contribution in [0.2, 0.25) is 5.02 Å². The summed E-state index contributed by atoms with van der Waals surface area (Å²) < 4.78 is 5.20. The molecule has 1 atom stereocenters. The van der Waals surface area contributed by atoms with Crippen LogP contribution in [0.4, 0.5) is 5.82 Å². The monoisotopic (exact) mass is 436 g/mol. The zero-order valence-electron chi connectivity index (χ0n) is 17.4. The first-order chi connectivity index (χ1) is 15.1. The Labute approximate surface area is 187 Å². The molecule has 1 aliphatic heterocycles. The van der Waals surface area contributed by atoms with Gasteiger partial charge in [-0.05, 0) is 66.9 Å². The maximum Gasteiger partial charge on any atom is 0.225 e. The number of rotatable bonds is 6. The third-order valence-corrected chi connectivity index (χ3v) is 5.78. The molecule has 1 fully saturated rings. The third-order valence-electron chi connectivity index (χ3n) is 5.53. The van der Waals surface area contributed by atoms with Gasteiger partial charge in [0, 0.05) is 30.2 Å². The summed E-state index contributed by atoms with van der Waals surface area (Å²) >= 11 is 5.92. The summed E-state index contributed by atoms with van der Waals surface area (Å²) in [5.41, 5.74) is 2.82. The standard InChI is InChI=1S/C24H25ClN4O2/c1-31-21-10-6-18(7-11-21)22-12-13-23(28-27-22)29-14-2-3-19(16-29)24(30)26-15-17-4-8-20(25)9-5-17/h4-13,19H,2-3,14-16H2,1H3,(H,26,30). The minimum Gasteiger partial charge on any atom is -0.497 e. The Morgan fingerprint density at radius 3 is 2.55 bits per heavy atom. The van der Waals surface area contributed by atoms with E-state index >= 15 is 0 Å². The predicted molar refractivity (Wildman–Crippen MR) is 122 cm³/mol. The Morgan fingerprint density at radius 2 is 1.87 bits per heavy atom. The number of hydrogen-bond acceptors (Lipinski definition) is 5. The lowest BCUT2D eigenvalue weighted by Gasteiger charge is -2.32. The molecule has 0 radical (unpaired) electrons. The molecule has 0 spiro atoms. The smallest absolute Gasteiger partial charge is 0.225 e. The van der Waals surface area contributed by atoms with Crippen molar-refractivity contribution in [2.75, 3.05) is 25.1 Å². The summed E-state index contributed by atoms with van der Waals surface area (Å²) in [4.78, 5) is 14.8. The van der Waals surface area contributed by atoms with Crippen molar-refractivity contribution in [3.63, 3.8) is 0 Å². The summed E-state index contributed by atoms with van der Waals surface area (Å²) in [6, 6.07) is 19.2. The molecule has 160 valence electrons. The summed E-state index contributed by atoms with van der Waals surface area (Å²) in [5.74, 6) is 1.61. The van der Waals surface area contributed by atoms with Gasteiger partial charge in [0.25, 0.3) is 0 Å². The van der Waals surface area contributed by atoms with Gasteiger partial charge in [-0.25, -0.2) is 0 Å². The number of nitrogens with zero attached hydrogens (tertiary/aromatic N) is 3. The number of hydrogen-bond donors (Lipinski definition) is 1. The van der Waals surface area contributed by atoms with Crippen LogP contribution in [-0.2, 0) is 11.3 Å². The summed E-state index contributed by atoms with van der Waals surface area (Å²) in [5, 5.41) is 12.5. The van der Waals surface area contributed by atoms with Gasteiger partial charge in [0.15, 0.2) is 5.82 Å². The molecule has 0 bridgehead atoms. The fraction of sp³-hybridized carbons (Fsp3) is 0.292. The van der Waals surface area contributed by atoms with E-state index in [4.69, 9.17) is 16.3 Å². The molecule has 1 aromatic heterocycles. The van der Waals surface area contributed by atoms with E-state index in [1.165, 1.54) is 0 Å². The van der Waals surface area contributed by atoms with Gasteiger partial charge in [-0.15, -0.1) is 10.2 Å². The number of piperidine rings is 1. The van der Waals surface area contributed by atoms with E-state index in [2.05, 4.69) is 20.4 Å². The van der Waals surface area contributed by atoms with Crippen molar-refractivity contribution < 1.29 is 9.53 Å².